The van der Waals surface area contributed by atoms with Gasteiger partial charge in [-0.1, -0.05) is 0 Å². The molecular formula is C15H19NO5. The zero-order valence-corrected chi connectivity index (χ0v) is 12.2. The summed E-state index contributed by atoms with van der Waals surface area (Å²) in [7, 11) is 1.55. The van der Waals surface area contributed by atoms with Gasteiger partial charge in [0.2, 0.25) is 0 Å². The maximum atomic E-state index is 12.3. The van der Waals surface area contributed by atoms with E-state index in [-0.39, 0.29) is 18.2 Å². The first-order chi connectivity index (χ1) is 10.0. The van der Waals surface area contributed by atoms with Crippen LogP contribution in [-0.2, 0) is 4.79 Å². The van der Waals surface area contributed by atoms with Gasteiger partial charge >= 0.3 is 5.97 Å². The largest absolute Gasteiger partial charge is 0.493 e. The van der Waals surface area contributed by atoms with Crippen molar-refractivity contribution in [2.24, 2.45) is 5.92 Å². The van der Waals surface area contributed by atoms with Gasteiger partial charge in [-0.2, -0.15) is 0 Å². The van der Waals surface area contributed by atoms with Crippen LogP contribution in [0.3, 0.4) is 0 Å². The Kier molecular flexibility index (Phi) is 4.67. The number of carboxylic acids is 1. The van der Waals surface area contributed by atoms with Gasteiger partial charge in [0.1, 0.15) is 0 Å². The summed E-state index contributed by atoms with van der Waals surface area (Å²) in [6, 6.07) is 5.05. The number of carbonyl (C=O) groups excluding carboxylic acids is 1. The van der Waals surface area contributed by atoms with E-state index >= 15 is 0 Å². The fraction of sp³-hybridized carbons (Fsp3) is 0.467. The average Bonchev–Trinajstić information content (AvgIpc) is 2.41. The number of methoxy groups -OCH3 is 1. The van der Waals surface area contributed by atoms with Crippen molar-refractivity contribution < 1.29 is 24.2 Å². The van der Waals surface area contributed by atoms with Gasteiger partial charge in [0.25, 0.3) is 5.91 Å². The number of hydrogen-bond acceptors (Lipinski definition) is 4. The molecule has 0 aliphatic carbocycles. The summed E-state index contributed by atoms with van der Waals surface area (Å²) in [4.78, 5) is 24.5. The summed E-state index contributed by atoms with van der Waals surface area (Å²) in [5.74, 6) is 0.237. The smallest absolute Gasteiger partial charge is 0.303 e. The molecule has 21 heavy (non-hydrogen) atoms. The number of carboxylic acid groups (broad SMARTS) is 1. The lowest BCUT2D eigenvalue weighted by atomic mass is 9.95. The molecule has 0 saturated carbocycles. The molecule has 2 rings (SSSR count). The maximum Gasteiger partial charge on any atom is 0.303 e. The molecule has 1 N–H and O–H groups in total. The molecule has 1 aliphatic heterocycles. The van der Waals surface area contributed by atoms with E-state index in [1.165, 1.54) is 0 Å². The Morgan fingerprint density at radius 3 is 2.62 bits per heavy atom. The fourth-order valence-corrected chi connectivity index (χ4v) is 2.37. The number of benzene rings is 1. The summed E-state index contributed by atoms with van der Waals surface area (Å²) in [6.07, 6.45) is 0.108. The van der Waals surface area contributed by atoms with Crippen LogP contribution in [-0.4, -0.2) is 48.7 Å². The van der Waals surface area contributed by atoms with E-state index in [4.69, 9.17) is 14.6 Å². The van der Waals surface area contributed by atoms with Crippen LogP contribution >= 0.6 is 0 Å². The molecule has 0 bridgehead atoms. The topological polar surface area (TPSA) is 76.1 Å². The van der Waals surface area contributed by atoms with E-state index in [2.05, 4.69) is 0 Å². The minimum Gasteiger partial charge on any atom is -0.493 e. The fourth-order valence-electron chi connectivity index (χ4n) is 2.37. The van der Waals surface area contributed by atoms with Crippen LogP contribution in [0.4, 0.5) is 0 Å². The van der Waals surface area contributed by atoms with Crippen molar-refractivity contribution in [2.45, 2.75) is 13.3 Å². The van der Waals surface area contributed by atoms with Crippen LogP contribution < -0.4 is 9.47 Å². The van der Waals surface area contributed by atoms with Crippen molar-refractivity contribution in [3.63, 3.8) is 0 Å². The Hall–Kier alpha value is -2.24. The maximum absolute atomic E-state index is 12.3. The Balaban J connectivity index is 2.03. The highest BCUT2D eigenvalue weighted by Gasteiger charge is 2.32. The molecule has 1 heterocycles. The minimum atomic E-state index is -0.824. The predicted octanol–water partition coefficient (Wildman–Crippen LogP) is 1.64. The third-order valence-electron chi connectivity index (χ3n) is 3.42. The van der Waals surface area contributed by atoms with Crippen molar-refractivity contribution in [1.82, 2.24) is 4.90 Å². The van der Waals surface area contributed by atoms with Gasteiger partial charge in [-0.05, 0) is 25.1 Å². The highest BCUT2D eigenvalue weighted by atomic mass is 16.5. The van der Waals surface area contributed by atoms with E-state index in [0.29, 0.717) is 36.8 Å². The number of aliphatic carboxylic acids is 1. The van der Waals surface area contributed by atoms with Crippen molar-refractivity contribution in [3.8, 4) is 11.5 Å². The molecule has 1 amide bonds. The molecule has 1 aromatic carbocycles. The molecule has 0 unspecified atom stereocenters. The second-order valence-electron chi connectivity index (χ2n) is 4.97. The number of hydrogen-bond donors (Lipinski definition) is 1. The number of rotatable bonds is 6. The van der Waals surface area contributed by atoms with Crippen molar-refractivity contribution in [2.75, 3.05) is 26.8 Å². The van der Waals surface area contributed by atoms with Gasteiger partial charge in [-0.15, -0.1) is 0 Å². The van der Waals surface area contributed by atoms with Crippen LogP contribution in [0.5, 0.6) is 11.5 Å². The molecule has 114 valence electrons. The van der Waals surface area contributed by atoms with Gasteiger partial charge in [0.15, 0.2) is 11.5 Å². The number of likely N-dealkylation sites (tertiary alicyclic amines) is 1. The minimum absolute atomic E-state index is 0.0519. The summed E-state index contributed by atoms with van der Waals surface area (Å²) in [5, 5.41) is 8.71. The van der Waals surface area contributed by atoms with Crippen molar-refractivity contribution >= 4 is 11.9 Å². The first-order valence-electron chi connectivity index (χ1n) is 6.87. The summed E-state index contributed by atoms with van der Waals surface area (Å²) >= 11 is 0. The number of amides is 1. The predicted molar refractivity (Wildman–Crippen MR) is 75.8 cm³/mol. The Labute approximate surface area is 123 Å². The van der Waals surface area contributed by atoms with Crippen LogP contribution in [0.1, 0.15) is 23.7 Å². The highest BCUT2D eigenvalue weighted by molar-refractivity contribution is 5.95. The van der Waals surface area contributed by atoms with Gasteiger partial charge in [0, 0.05) is 24.6 Å². The van der Waals surface area contributed by atoms with Gasteiger partial charge in [-0.3, -0.25) is 9.59 Å². The number of nitrogens with zero attached hydrogens (tertiary/aromatic N) is 1. The molecule has 0 aromatic heterocycles. The normalized spacial score (nSPS) is 14.5. The standard InChI is InChI=1S/C15H19NO5/c1-3-21-13-7-11(4-5-12(13)20-2)15(19)16-8-10(9-16)6-14(17)18/h4-5,7,10H,3,6,8-9H2,1-2H3,(H,17,18). The molecule has 1 aliphatic rings. The van der Waals surface area contributed by atoms with Gasteiger partial charge in [0.05, 0.1) is 20.1 Å². The number of ether oxygens (including phenoxy) is 2. The monoisotopic (exact) mass is 293 g/mol. The van der Waals surface area contributed by atoms with Crippen LogP contribution in [0.25, 0.3) is 0 Å². The highest BCUT2D eigenvalue weighted by Crippen LogP contribution is 2.30. The lowest BCUT2D eigenvalue weighted by Gasteiger charge is -2.38. The molecular weight excluding hydrogens is 274 g/mol. The molecule has 1 aromatic rings. The Morgan fingerprint density at radius 1 is 1.33 bits per heavy atom. The van der Waals surface area contributed by atoms with Gasteiger partial charge < -0.3 is 19.5 Å². The lowest BCUT2D eigenvalue weighted by molar-refractivity contribution is -0.139. The summed E-state index contributed by atoms with van der Waals surface area (Å²) in [6.45, 7) is 3.32. The molecule has 6 heteroatoms. The van der Waals surface area contributed by atoms with Gasteiger partial charge in [-0.25, -0.2) is 0 Å². The summed E-state index contributed by atoms with van der Waals surface area (Å²) in [5.41, 5.74) is 0.521. The van der Waals surface area contributed by atoms with Crippen molar-refractivity contribution in [1.29, 1.82) is 0 Å². The molecule has 6 nitrogen and oxygen atoms in total. The van der Waals surface area contributed by atoms with Crippen LogP contribution in [0, 0.1) is 5.92 Å². The zero-order valence-electron chi connectivity index (χ0n) is 12.2. The third-order valence-corrected chi connectivity index (χ3v) is 3.42. The van der Waals surface area contributed by atoms with E-state index in [1.807, 2.05) is 6.92 Å². The molecule has 1 saturated heterocycles. The summed E-state index contributed by atoms with van der Waals surface area (Å²) < 4.78 is 10.6. The third kappa shape index (κ3) is 3.45. The average molecular weight is 293 g/mol. The van der Waals surface area contributed by atoms with E-state index in [0.717, 1.165) is 0 Å². The Bertz CT molecular complexity index is 537. The van der Waals surface area contributed by atoms with Crippen molar-refractivity contribution in [3.05, 3.63) is 23.8 Å². The zero-order chi connectivity index (χ0) is 15.4. The molecule has 0 atom stereocenters. The quantitative estimate of drug-likeness (QED) is 0.863. The van der Waals surface area contributed by atoms with E-state index < -0.39 is 5.97 Å². The molecule has 0 spiro atoms. The van der Waals surface area contributed by atoms with Crippen LogP contribution in [0.15, 0.2) is 18.2 Å². The second-order valence-corrected chi connectivity index (χ2v) is 4.97. The molecule has 1 fully saturated rings. The van der Waals surface area contributed by atoms with Crippen LogP contribution in [0.2, 0.25) is 0 Å². The molecule has 0 radical (unpaired) electrons. The first-order valence-corrected chi connectivity index (χ1v) is 6.87. The van der Waals surface area contributed by atoms with E-state index in [9.17, 15) is 9.59 Å². The SMILES string of the molecule is CCOc1cc(C(=O)N2CC(CC(=O)O)C2)ccc1OC. The Morgan fingerprint density at radius 2 is 2.05 bits per heavy atom. The number of carbonyl (C=O) groups is 2. The lowest BCUT2D eigenvalue weighted by Crippen LogP contribution is -2.50. The van der Waals surface area contributed by atoms with E-state index in [1.54, 1.807) is 30.2 Å². The first kappa shape index (κ1) is 15.2. The second kappa shape index (κ2) is 6.47.